The summed E-state index contributed by atoms with van der Waals surface area (Å²) in [6, 6.07) is 11.2. The van der Waals surface area contributed by atoms with Crippen LogP contribution < -0.4 is 0 Å². The normalized spacial score (nSPS) is 10.9. The Kier molecular flexibility index (Phi) is 4.63. The van der Waals surface area contributed by atoms with E-state index in [1.807, 2.05) is 18.2 Å². The molecule has 0 saturated heterocycles. The number of halogens is 3. The Morgan fingerprint density at radius 3 is 2.68 bits per heavy atom. The van der Waals surface area contributed by atoms with Gasteiger partial charge in [-0.05, 0) is 12.1 Å². The maximum atomic E-state index is 13.3. The molecule has 0 unspecified atom stereocenters. The van der Waals surface area contributed by atoms with Crippen LogP contribution in [0.3, 0.4) is 0 Å². The van der Waals surface area contributed by atoms with Crippen LogP contribution in [-0.2, 0) is 11.4 Å². The molecule has 97 valence electrons. The molecule has 0 fully saturated rings. The molecule has 0 aliphatic rings. The fourth-order valence-electron chi connectivity index (χ4n) is 1.40. The maximum absolute atomic E-state index is 13.3. The summed E-state index contributed by atoms with van der Waals surface area (Å²) >= 11 is 3.33. The SMILES string of the molecule is Fc1cccc(CO/N=[C]\c2ccccc2Br)c1F. The number of rotatable bonds is 4. The lowest BCUT2D eigenvalue weighted by atomic mass is 10.2. The Morgan fingerprint density at radius 2 is 1.89 bits per heavy atom. The van der Waals surface area contributed by atoms with Gasteiger partial charge in [0.1, 0.15) is 12.8 Å². The van der Waals surface area contributed by atoms with Crippen LogP contribution in [-0.4, -0.2) is 6.21 Å². The molecule has 1 radical (unpaired) electrons. The van der Waals surface area contributed by atoms with E-state index in [1.54, 1.807) is 6.07 Å². The standard InChI is InChI=1S/C14H9BrF2NO/c15-12-6-2-1-4-10(12)8-18-19-9-11-5-3-7-13(16)14(11)17/h1-7H,9H2. The Morgan fingerprint density at radius 1 is 1.11 bits per heavy atom. The van der Waals surface area contributed by atoms with Crippen LogP contribution in [0.5, 0.6) is 0 Å². The van der Waals surface area contributed by atoms with Crippen molar-refractivity contribution in [1.29, 1.82) is 0 Å². The minimum absolute atomic E-state index is 0.109. The average Bonchev–Trinajstić information content (AvgIpc) is 2.41. The molecule has 2 nitrogen and oxygen atoms in total. The Hall–Kier alpha value is -1.75. The minimum Gasteiger partial charge on any atom is -0.390 e. The summed E-state index contributed by atoms with van der Waals surface area (Å²) in [5.74, 6) is -1.82. The maximum Gasteiger partial charge on any atom is 0.165 e. The van der Waals surface area contributed by atoms with Crippen LogP contribution in [0, 0.1) is 11.6 Å². The zero-order valence-corrected chi connectivity index (χ0v) is 11.3. The van der Waals surface area contributed by atoms with Crippen molar-refractivity contribution >= 4 is 22.1 Å². The van der Waals surface area contributed by atoms with Gasteiger partial charge >= 0.3 is 0 Å². The molecule has 0 atom stereocenters. The first-order chi connectivity index (χ1) is 9.18. The molecule has 0 amide bonds. The van der Waals surface area contributed by atoms with Gasteiger partial charge in [0.25, 0.3) is 0 Å². The van der Waals surface area contributed by atoms with Crippen molar-refractivity contribution in [3.8, 4) is 0 Å². The second-order valence-electron chi connectivity index (χ2n) is 3.67. The second-order valence-corrected chi connectivity index (χ2v) is 4.52. The quantitative estimate of drug-likeness (QED) is 0.611. The van der Waals surface area contributed by atoms with Gasteiger partial charge in [-0.3, -0.25) is 0 Å². The summed E-state index contributed by atoms with van der Waals surface area (Å²) in [6.45, 7) is -0.152. The largest absolute Gasteiger partial charge is 0.390 e. The molecule has 0 N–H and O–H groups in total. The van der Waals surface area contributed by atoms with Crippen LogP contribution in [0.4, 0.5) is 8.78 Å². The number of benzene rings is 2. The van der Waals surface area contributed by atoms with E-state index in [4.69, 9.17) is 4.84 Å². The third-order valence-electron chi connectivity index (χ3n) is 2.36. The highest BCUT2D eigenvalue weighted by Gasteiger charge is 2.07. The van der Waals surface area contributed by atoms with Crippen LogP contribution in [0.25, 0.3) is 0 Å². The minimum atomic E-state index is -0.918. The summed E-state index contributed by atoms with van der Waals surface area (Å²) < 4.78 is 27.0. The summed E-state index contributed by atoms with van der Waals surface area (Å²) in [5, 5.41) is 3.60. The molecule has 2 aromatic carbocycles. The predicted molar refractivity (Wildman–Crippen MR) is 71.8 cm³/mol. The van der Waals surface area contributed by atoms with E-state index in [2.05, 4.69) is 27.3 Å². The highest BCUT2D eigenvalue weighted by Crippen LogP contribution is 2.14. The first-order valence-electron chi connectivity index (χ1n) is 5.44. The Balaban J connectivity index is 1.97. The van der Waals surface area contributed by atoms with Gasteiger partial charge in [-0.2, -0.15) is 0 Å². The Labute approximate surface area is 117 Å². The average molecular weight is 325 g/mol. The molecule has 0 saturated carbocycles. The van der Waals surface area contributed by atoms with E-state index in [0.29, 0.717) is 5.56 Å². The smallest absolute Gasteiger partial charge is 0.165 e. The van der Waals surface area contributed by atoms with Crippen molar-refractivity contribution in [1.82, 2.24) is 0 Å². The van der Waals surface area contributed by atoms with Crippen LogP contribution in [0.15, 0.2) is 52.1 Å². The van der Waals surface area contributed by atoms with Gasteiger partial charge in [0.15, 0.2) is 11.6 Å². The molecule has 0 spiro atoms. The number of nitrogens with zero attached hydrogens (tertiary/aromatic N) is 1. The molecular weight excluding hydrogens is 316 g/mol. The third-order valence-corrected chi connectivity index (χ3v) is 3.05. The summed E-state index contributed by atoms with van der Waals surface area (Å²) in [7, 11) is 0. The van der Waals surface area contributed by atoms with Crippen molar-refractivity contribution in [2.75, 3.05) is 0 Å². The van der Waals surface area contributed by atoms with Crippen molar-refractivity contribution in [3.05, 3.63) is 69.7 Å². The first-order valence-corrected chi connectivity index (χ1v) is 6.23. The third kappa shape index (κ3) is 3.61. The van der Waals surface area contributed by atoms with Gasteiger partial charge in [0.2, 0.25) is 0 Å². The van der Waals surface area contributed by atoms with Gasteiger partial charge in [-0.1, -0.05) is 51.4 Å². The predicted octanol–water partition coefficient (Wildman–Crippen LogP) is 4.16. The molecule has 19 heavy (non-hydrogen) atoms. The van der Waals surface area contributed by atoms with Gasteiger partial charge in [0.05, 0.1) is 0 Å². The molecule has 2 aromatic rings. The molecule has 0 heterocycles. The van der Waals surface area contributed by atoms with E-state index in [1.165, 1.54) is 12.1 Å². The summed E-state index contributed by atoms with van der Waals surface area (Å²) in [6.07, 6.45) is 2.66. The zero-order valence-electron chi connectivity index (χ0n) is 9.74. The highest BCUT2D eigenvalue weighted by atomic mass is 79.9. The molecule has 0 aliphatic heterocycles. The van der Waals surface area contributed by atoms with Crippen molar-refractivity contribution < 1.29 is 13.6 Å². The van der Waals surface area contributed by atoms with Gasteiger partial charge < -0.3 is 4.84 Å². The molecular formula is C14H9BrF2NO. The van der Waals surface area contributed by atoms with Crippen LogP contribution in [0.1, 0.15) is 11.1 Å². The van der Waals surface area contributed by atoms with E-state index >= 15 is 0 Å². The van der Waals surface area contributed by atoms with E-state index in [-0.39, 0.29) is 12.2 Å². The fourth-order valence-corrected chi connectivity index (χ4v) is 1.77. The van der Waals surface area contributed by atoms with Crippen molar-refractivity contribution in [2.24, 2.45) is 5.16 Å². The topological polar surface area (TPSA) is 21.6 Å². The molecule has 2 rings (SSSR count). The van der Waals surface area contributed by atoms with E-state index < -0.39 is 11.6 Å². The number of hydrogen-bond acceptors (Lipinski definition) is 2. The van der Waals surface area contributed by atoms with Gasteiger partial charge in [0, 0.05) is 15.6 Å². The molecule has 0 bridgehead atoms. The molecule has 0 aliphatic carbocycles. The van der Waals surface area contributed by atoms with Crippen LogP contribution >= 0.6 is 15.9 Å². The fraction of sp³-hybridized carbons (Fsp3) is 0.0714. The van der Waals surface area contributed by atoms with Gasteiger partial charge in [-0.25, -0.2) is 8.78 Å². The van der Waals surface area contributed by atoms with Crippen molar-refractivity contribution in [3.63, 3.8) is 0 Å². The van der Waals surface area contributed by atoms with E-state index in [9.17, 15) is 8.78 Å². The number of hydrogen-bond donors (Lipinski definition) is 0. The zero-order chi connectivity index (χ0) is 13.7. The lowest BCUT2D eigenvalue weighted by molar-refractivity contribution is 0.129. The van der Waals surface area contributed by atoms with Gasteiger partial charge in [-0.15, -0.1) is 0 Å². The summed E-state index contributed by atoms with van der Waals surface area (Å²) in [4.78, 5) is 4.90. The first kappa shape index (κ1) is 13.7. The lowest BCUT2D eigenvalue weighted by Gasteiger charge is -2.02. The second kappa shape index (κ2) is 6.43. The monoisotopic (exact) mass is 324 g/mol. The van der Waals surface area contributed by atoms with Crippen LogP contribution in [0.2, 0.25) is 0 Å². The lowest BCUT2D eigenvalue weighted by Crippen LogP contribution is -1.95. The Bertz CT molecular complexity index is 602. The summed E-state index contributed by atoms with van der Waals surface area (Å²) in [5.41, 5.74) is 0.819. The van der Waals surface area contributed by atoms with E-state index in [0.717, 1.165) is 10.5 Å². The highest BCUT2D eigenvalue weighted by molar-refractivity contribution is 9.10. The van der Waals surface area contributed by atoms with Crippen molar-refractivity contribution in [2.45, 2.75) is 6.61 Å². The molecule has 5 heteroatoms. The molecule has 0 aromatic heterocycles.